The number of nitrogens with one attached hydrogen (secondary N) is 2. The molecule has 2 aromatic carbocycles. The van der Waals surface area contributed by atoms with Crippen LogP contribution in [0.1, 0.15) is 49.2 Å². The van der Waals surface area contributed by atoms with Crippen molar-refractivity contribution in [1.82, 2.24) is 5.32 Å². The number of halogens is 1. The van der Waals surface area contributed by atoms with Gasteiger partial charge in [0.15, 0.2) is 0 Å². The Labute approximate surface area is 189 Å². The number of carbonyl (C=O) groups is 3. The summed E-state index contributed by atoms with van der Waals surface area (Å²) in [5.74, 6) is -1.33. The Morgan fingerprint density at radius 3 is 2.32 bits per heavy atom. The van der Waals surface area contributed by atoms with Crippen LogP contribution in [-0.2, 0) is 4.79 Å². The molecule has 0 aliphatic carbocycles. The summed E-state index contributed by atoms with van der Waals surface area (Å²) in [6.45, 7) is 3.65. The van der Waals surface area contributed by atoms with Gasteiger partial charge >= 0.3 is 0 Å². The van der Waals surface area contributed by atoms with Crippen molar-refractivity contribution in [3.8, 4) is 0 Å². The van der Waals surface area contributed by atoms with Crippen molar-refractivity contribution in [2.75, 3.05) is 5.32 Å². The van der Waals surface area contributed by atoms with E-state index in [1.165, 1.54) is 11.3 Å². The molecule has 1 unspecified atom stereocenters. The lowest BCUT2D eigenvalue weighted by Gasteiger charge is -2.19. The summed E-state index contributed by atoms with van der Waals surface area (Å²) in [7, 11) is 0. The average molecular weight is 456 g/mol. The van der Waals surface area contributed by atoms with Gasteiger partial charge in [0, 0.05) is 4.88 Å². The lowest BCUT2D eigenvalue weighted by Crippen LogP contribution is -2.32. The summed E-state index contributed by atoms with van der Waals surface area (Å²) in [6.07, 6.45) is -0.0333. The topological polar surface area (TPSA) is 101 Å². The zero-order chi connectivity index (χ0) is 22.5. The predicted octanol–water partition coefficient (Wildman–Crippen LogP) is 4.62. The highest BCUT2D eigenvalue weighted by Crippen LogP contribution is 2.32. The van der Waals surface area contributed by atoms with Gasteiger partial charge in [0.25, 0.3) is 11.8 Å². The number of hydrogen-bond acceptors (Lipinski definition) is 4. The maximum atomic E-state index is 12.8. The molecule has 0 radical (unpaired) electrons. The molecule has 0 aliphatic heterocycles. The molecule has 0 spiro atoms. The van der Waals surface area contributed by atoms with Gasteiger partial charge in [-0.05, 0) is 37.1 Å². The van der Waals surface area contributed by atoms with E-state index in [0.29, 0.717) is 21.2 Å². The largest absolute Gasteiger partial charge is 0.365 e. The molecule has 3 aromatic rings. The van der Waals surface area contributed by atoms with Crippen LogP contribution in [0.2, 0.25) is 5.02 Å². The van der Waals surface area contributed by atoms with Crippen LogP contribution >= 0.6 is 22.9 Å². The highest BCUT2D eigenvalue weighted by Gasteiger charge is 2.23. The lowest BCUT2D eigenvalue weighted by atomic mass is 10.0. The van der Waals surface area contributed by atoms with E-state index in [-0.39, 0.29) is 18.2 Å². The van der Waals surface area contributed by atoms with Gasteiger partial charge in [0.2, 0.25) is 5.91 Å². The van der Waals surface area contributed by atoms with Crippen molar-refractivity contribution in [3.05, 3.63) is 86.8 Å². The second-order valence-corrected chi connectivity index (χ2v) is 8.65. The fourth-order valence-electron chi connectivity index (χ4n) is 3.19. The van der Waals surface area contributed by atoms with Crippen LogP contribution in [0.4, 0.5) is 5.00 Å². The molecule has 1 aromatic heterocycles. The monoisotopic (exact) mass is 455 g/mol. The Bertz CT molecular complexity index is 1130. The number of benzene rings is 2. The van der Waals surface area contributed by atoms with Crippen molar-refractivity contribution >= 4 is 45.7 Å². The number of rotatable bonds is 7. The molecule has 1 atom stereocenters. The second kappa shape index (κ2) is 9.76. The minimum atomic E-state index is -0.594. The number of carbonyl (C=O) groups excluding carboxylic acids is 3. The molecule has 4 N–H and O–H groups in total. The van der Waals surface area contributed by atoms with Gasteiger partial charge in [-0.1, -0.05) is 54.1 Å². The van der Waals surface area contributed by atoms with Crippen molar-refractivity contribution < 1.29 is 14.4 Å². The molecular formula is C23H22ClN3O3S. The molecule has 0 saturated heterocycles. The summed E-state index contributed by atoms with van der Waals surface area (Å²) in [5.41, 5.74) is 7.65. The Morgan fingerprint density at radius 1 is 1.03 bits per heavy atom. The normalized spacial score (nSPS) is 11.6. The van der Waals surface area contributed by atoms with E-state index in [2.05, 4.69) is 10.6 Å². The maximum absolute atomic E-state index is 12.8. The third-order valence-corrected chi connectivity index (χ3v) is 6.35. The molecule has 0 saturated carbocycles. The zero-order valence-corrected chi connectivity index (χ0v) is 18.6. The van der Waals surface area contributed by atoms with Crippen LogP contribution in [0.15, 0.2) is 54.6 Å². The number of primary amides is 1. The van der Waals surface area contributed by atoms with Gasteiger partial charge in [-0.2, -0.15) is 0 Å². The van der Waals surface area contributed by atoms with E-state index in [4.69, 9.17) is 17.3 Å². The standard InChI is InChI=1S/C23H22ClN3O3S/c1-13-14(2)31-23(20(13)21(25)29)27-19(28)12-18(15-8-4-3-5-9-15)26-22(30)16-10-6-7-11-17(16)24/h3-11,18H,12H2,1-2H3,(H2,25,29)(H,26,30)(H,27,28). The van der Waals surface area contributed by atoms with E-state index in [9.17, 15) is 14.4 Å². The third-order valence-electron chi connectivity index (χ3n) is 4.90. The van der Waals surface area contributed by atoms with E-state index < -0.39 is 11.9 Å². The quantitative estimate of drug-likeness (QED) is 0.484. The number of anilines is 1. The maximum Gasteiger partial charge on any atom is 0.253 e. The van der Waals surface area contributed by atoms with Crippen LogP contribution in [-0.4, -0.2) is 17.7 Å². The SMILES string of the molecule is Cc1sc(NC(=O)CC(NC(=O)c2ccccc2Cl)c2ccccc2)c(C(N)=O)c1C. The van der Waals surface area contributed by atoms with Crippen molar-refractivity contribution in [2.24, 2.45) is 5.73 Å². The number of hydrogen-bond donors (Lipinski definition) is 3. The molecule has 0 fully saturated rings. The summed E-state index contributed by atoms with van der Waals surface area (Å²) >= 11 is 7.44. The van der Waals surface area contributed by atoms with Gasteiger partial charge in [-0.3, -0.25) is 14.4 Å². The molecular weight excluding hydrogens is 434 g/mol. The van der Waals surface area contributed by atoms with E-state index in [0.717, 1.165) is 16.0 Å². The van der Waals surface area contributed by atoms with Crippen LogP contribution in [0.5, 0.6) is 0 Å². The Balaban J connectivity index is 1.82. The summed E-state index contributed by atoms with van der Waals surface area (Å²) < 4.78 is 0. The first-order valence-electron chi connectivity index (χ1n) is 9.58. The molecule has 1 heterocycles. The smallest absolute Gasteiger partial charge is 0.253 e. The third kappa shape index (κ3) is 5.31. The molecule has 160 valence electrons. The molecule has 6 nitrogen and oxygen atoms in total. The van der Waals surface area contributed by atoms with E-state index in [1.807, 2.05) is 37.3 Å². The van der Waals surface area contributed by atoms with Crippen LogP contribution < -0.4 is 16.4 Å². The first-order chi connectivity index (χ1) is 14.8. The Morgan fingerprint density at radius 2 is 1.68 bits per heavy atom. The van der Waals surface area contributed by atoms with Gasteiger partial charge in [-0.25, -0.2) is 0 Å². The highest BCUT2D eigenvalue weighted by atomic mass is 35.5. The Hall–Kier alpha value is -3.16. The molecule has 0 bridgehead atoms. The molecule has 0 aliphatic rings. The summed E-state index contributed by atoms with van der Waals surface area (Å²) in [6, 6.07) is 15.3. The van der Waals surface area contributed by atoms with Crippen LogP contribution in [0.3, 0.4) is 0 Å². The number of thiophene rings is 1. The minimum absolute atomic E-state index is 0.0333. The lowest BCUT2D eigenvalue weighted by molar-refractivity contribution is -0.116. The van der Waals surface area contributed by atoms with Crippen LogP contribution in [0, 0.1) is 13.8 Å². The summed E-state index contributed by atoms with van der Waals surface area (Å²) in [4.78, 5) is 38.4. The van der Waals surface area contributed by atoms with Crippen molar-refractivity contribution in [1.29, 1.82) is 0 Å². The van der Waals surface area contributed by atoms with Crippen molar-refractivity contribution in [3.63, 3.8) is 0 Å². The van der Waals surface area contributed by atoms with E-state index in [1.54, 1.807) is 31.2 Å². The Kier molecular flexibility index (Phi) is 7.09. The zero-order valence-electron chi connectivity index (χ0n) is 17.1. The molecule has 3 rings (SSSR count). The van der Waals surface area contributed by atoms with Gasteiger partial charge in [0.05, 0.1) is 28.6 Å². The fraction of sp³-hybridized carbons (Fsp3) is 0.174. The predicted molar refractivity (Wildman–Crippen MR) is 124 cm³/mol. The highest BCUT2D eigenvalue weighted by molar-refractivity contribution is 7.16. The number of aryl methyl sites for hydroxylation is 1. The minimum Gasteiger partial charge on any atom is -0.365 e. The molecule has 8 heteroatoms. The van der Waals surface area contributed by atoms with Gasteiger partial charge in [-0.15, -0.1) is 11.3 Å². The molecule has 31 heavy (non-hydrogen) atoms. The first kappa shape index (κ1) is 22.5. The summed E-state index contributed by atoms with van der Waals surface area (Å²) in [5, 5.41) is 6.41. The number of amides is 3. The second-order valence-electron chi connectivity index (χ2n) is 7.02. The van der Waals surface area contributed by atoms with Gasteiger partial charge in [0.1, 0.15) is 5.00 Å². The molecule has 3 amide bonds. The van der Waals surface area contributed by atoms with E-state index >= 15 is 0 Å². The van der Waals surface area contributed by atoms with Crippen molar-refractivity contribution in [2.45, 2.75) is 26.3 Å². The van der Waals surface area contributed by atoms with Crippen LogP contribution in [0.25, 0.3) is 0 Å². The average Bonchev–Trinajstić information content (AvgIpc) is 3.01. The first-order valence-corrected chi connectivity index (χ1v) is 10.8. The fourth-order valence-corrected chi connectivity index (χ4v) is 4.50. The number of nitrogens with two attached hydrogens (primary N) is 1. The van der Waals surface area contributed by atoms with Gasteiger partial charge < -0.3 is 16.4 Å².